The summed E-state index contributed by atoms with van der Waals surface area (Å²) < 4.78 is 28.7. The number of benzene rings is 1. The molecule has 1 aromatic carbocycles. The fourth-order valence-electron chi connectivity index (χ4n) is 3.28. The molecule has 0 saturated carbocycles. The Morgan fingerprint density at radius 2 is 1.94 bits per heavy atom. The summed E-state index contributed by atoms with van der Waals surface area (Å²) in [4.78, 5) is 32.3. The van der Waals surface area contributed by atoms with Gasteiger partial charge < -0.3 is 4.74 Å². The number of ether oxygens (including phenoxy) is 1. The van der Waals surface area contributed by atoms with Gasteiger partial charge in [-0.15, -0.1) is 4.83 Å². The van der Waals surface area contributed by atoms with Gasteiger partial charge in [0.15, 0.2) is 6.29 Å². The lowest BCUT2D eigenvalue weighted by atomic mass is 9.83. The van der Waals surface area contributed by atoms with E-state index in [0.717, 1.165) is 37.5 Å². The second-order valence-electron chi connectivity index (χ2n) is 8.93. The number of sulfonamides is 1. The summed E-state index contributed by atoms with van der Waals surface area (Å²) in [6, 6.07) is 8.97. The van der Waals surface area contributed by atoms with E-state index in [4.69, 9.17) is 9.57 Å². The summed E-state index contributed by atoms with van der Waals surface area (Å²) in [7, 11) is -3.86. The monoisotopic (exact) mass is 481 g/mol. The maximum absolute atomic E-state index is 12.7. The molecule has 0 bridgehead atoms. The highest BCUT2D eigenvalue weighted by Crippen LogP contribution is 2.29. The van der Waals surface area contributed by atoms with Gasteiger partial charge in [-0.25, -0.2) is 23.5 Å². The van der Waals surface area contributed by atoms with Crippen molar-refractivity contribution >= 4 is 28.0 Å². The van der Waals surface area contributed by atoms with E-state index in [1.807, 2.05) is 49.0 Å². The van der Waals surface area contributed by atoms with Gasteiger partial charge in [0.25, 0.3) is 0 Å². The third-order valence-electron chi connectivity index (χ3n) is 5.24. The fraction of sp³-hybridized carbons (Fsp3) is 0.565. The van der Waals surface area contributed by atoms with E-state index in [1.165, 1.54) is 0 Å². The number of amides is 3. The summed E-state index contributed by atoms with van der Waals surface area (Å²) in [6.07, 6.45) is 8.92. The minimum Gasteiger partial charge on any atom is -0.350 e. The second kappa shape index (κ2) is 12.8. The first-order chi connectivity index (χ1) is 15.6. The first-order valence-electron chi connectivity index (χ1n) is 11.1. The van der Waals surface area contributed by atoms with Gasteiger partial charge in [0.2, 0.25) is 15.9 Å². The molecule has 1 saturated heterocycles. The molecular formula is C23H35N3O6S. The molecule has 184 valence electrons. The highest BCUT2D eigenvalue weighted by Gasteiger charge is 2.28. The van der Waals surface area contributed by atoms with Crippen LogP contribution in [-0.2, 0) is 24.4 Å². The van der Waals surface area contributed by atoms with Crippen LogP contribution in [-0.4, -0.2) is 44.5 Å². The Labute approximate surface area is 196 Å². The minimum absolute atomic E-state index is 0.00866. The largest absolute Gasteiger partial charge is 0.363 e. The van der Waals surface area contributed by atoms with Crippen LogP contribution >= 0.6 is 0 Å². The summed E-state index contributed by atoms with van der Waals surface area (Å²) in [5, 5.41) is 0.448. The first-order valence-corrected chi connectivity index (χ1v) is 13.0. The summed E-state index contributed by atoms with van der Waals surface area (Å²) >= 11 is 0. The molecule has 1 aromatic rings. The number of nitrogens with zero attached hydrogens (tertiary/aromatic N) is 1. The number of nitrogens with one attached hydrogen (secondary N) is 2. The molecule has 9 nitrogen and oxygen atoms in total. The van der Waals surface area contributed by atoms with Crippen molar-refractivity contribution in [2.75, 3.05) is 12.9 Å². The van der Waals surface area contributed by atoms with Crippen molar-refractivity contribution in [3.05, 3.63) is 42.0 Å². The number of hydrogen-bond donors (Lipinski definition) is 2. The zero-order valence-corrected chi connectivity index (χ0v) is 20.4. The van der Waals surface area contributed by atoms with Crippen molar-refractivity contribution in [1.82, 2.24) is 15.3 Å². The number of rotatable bonds is 11. The number of allylic oxidation sites excluding steroid dienone is 1. The van der Waals surface area contributed by atoms with Crippen molar-refractivity contribution in [3.8, 4) is 0 Å². The molecule has 10 heteroatoms. The van der Waals surface area contributed by atoms with Crippen LogP contribution in [0.15, 0.2) is 36.4 Å². The average Bonchev–Trinajstić information content (AvgIpc) is 2.78. The zero-order chi connectivity index (χ0) is 24.3. The minimum atomic E-state index is -3.86. The van der Waals surface area contributed by atoms with Crippen LogP contribution in [0.5, 0.6) is 0 Å². The standard InChI is InChI=1S/C23H35N3O6S/c1-23(2,16-9-7-13-19-11-5-4-6-12-19)17-15-20(27)26(25-33(3,29)30)22(28)24-32-21-14-8-10-18-31-21/h4-7,11-13,21,25H,8-10,14-18H2,1-3H3,(H,24,28). The maximum atomic E-state index is 12.7. The Morgan fingerprint density at radius 3 is 2.58 bits per heavy atom. The smallest absolute Gasteiger partial charge is 0.350 e. The van der Waals surface area contributed by atoms with Crippen LogP contribution in [0.3, 0.4) is 0 Å². The van der Waals surface area contributed by atoms with Crippen LogP contribution in [0.4, 0.5) is 4.79 Å². The fourth-order valence-corrected chi connectivity index (χ4v) is 3.79. The summed E-state index contributed by atoms with van der Waals surface area (Å²) in [5.41, 5.74) is 3.06. The number of imide groups is 1. The third-order valence-corrected chi connectivity index (χ3v) is 5.75. The molecule has 0 spiro atoms. The molecule has 0 aromatic heterocycles. The number of carbonyl (C=O) groups is 2. The van der Waals surface area contributed by atoms with Gasteiger partial charge in [0.1, 0.15) is 0 Å². The molecule has 1 unspecified atom stereocenters. The van der Waals surface area contributed by atoms with Crippen LogP contribution in [0.2, 0.25) is 0 Å². The molecule has 2 N–H and O–H groups in total. The lowest BCUT2D eigenvalue weighted by Gasteiger charge is -2.27. The Balaban J connectivity index is 1.86. The van der Waals surface area contributed by atoms with Crippen molar-refractivity contribution in [1.29, 1.82) is 0 Å². The highest BCUT2D eigenvalue weighted by molar-refractivity contribution is 7.88. The maximum Gasteiger partial charge on any atom is 0.363 e. The molecule has 1 aliphatic heterocycles. The third kappa shape index (κ3) is 10.9. The number of hydrazine groups is 1. The quantitative estimate of drug-likeness (QED) is 0.465. The van der Waals surface area contributed by atoms with Crippen molar-refractivity contribution < 1.29 is 27.6 Å². The average molecular weight is 482 g/mol. The van der Waals surface area contributed by atoms with Crippen LogP contribution in [0.1, 0.15) is 64.4 Å². The van der Waals surface area contributed by atoms with E-state index in [-0.39, 0.29) is 11.8 Å². The molecule has 1 heterocycles. The molecular weight excluding hydrogens is 446 g/mol. The van der Waals surface area contributed by atoms with E-state index in [1.54, 1.807) is 0 Å². The van der Waals surface area contributed by atoms with E-state index in [9.17, 15) is 18.0 Å². The topological polar surface area (TPSA) is 114 Å². The van der Waals surface area contributed by atoms with Gasteiger partial charge in [-0.05, 0) is 43.1 Å². The van der Waals surface area contributed by atoms with E-state index < -0.39 is 28.3 Å². The van der Waals surface area contributed by atoms with Crippen LogP contribution in [0.25, 0.3) is 6.08 Å². The molecule has 1 aliphatic rings. The lowest BCUT2D eigenvalue weighted by Crippen LogP contribution is -2.54. The van der Waals surface area contributed by atoms with Crippen molar-refractivity contribution in [2.24, 2.45) is 5.41 Å². The van der Waals surface area contributed by atoms with Gasteiger partial charge in [-0.2, -0.15) is 5.01 Å². The molecule has 3 amide bonds. The van der Waals surface area contributed by atoms with E-state index in [0.29, 0.717) is 24.5 Å². The van der Waals surface area contributed by atoms with Crippen molar-refractivity contribution in [3.63, 3.8) is 0 Å². The molecule has 2 rings (SSSR count). The predicted molar refractivity (Wildman–Crippen MR) is 126 cm³/mol. The molecule has 33 heavy (non-hydrogen) atoms. The number of hydrogen-bond acceptors (Lipinski definition) is 6. The highest BCUT2D eigenvalue weighted by atomic mass is 32.2. The van der Waals surface area contributed by atoms with Gasteiger partial charge >= 0.3 is 6.03 Å². The summed E-state index contributed by atoms with van der Waals surface area (Å²) in [5.74, 6) is -0.668. The first kappa shape index (κ1) is 27.0. The molecule has 0 radical (unpaired) electrons. The molecule has 0 aliphatic carbocycles. The number of urea groups is 1. The number of hydroxylamine groups is 1. The second-order valence-corrected chi connectivity index (χ2v) is 10.7. The van der Waals surface area contributed by atoms with Crippen LogP contribution < -0.4 is 10.3 Å². The van der Waals surface area contributed by atoms with Gasteiger partial charge in [-0.3, -0.25) is 4.79 Å². The Kier molecular flexibility index (Phi) is 10.5. The van der Waals surface area contributed by atoms with Gasteiger partial charge in [0, 0.05) is 19.4 Å². The van der Waals surface area contributed by atoms with Gasteiger partial charge in [0.05, 0.1) is 6.26 Å². The van der Waals surface area contributed by atoms with E-state index >= 15 is 0 Å². The Morgan fingerprint density at radius 1 is 1.21 bits per heavy atom. The Hall–Kier alpha value is -2.27. The molecule has 1 atom stereocenters. The predicted octanol–water partition coefficient (Wildman–Crippen LogP) is 3.75. The zero-order valence-electron chi connectivity index (χ0n) is 19.6. The van der Waals surface area contributed by atoms with Crippen LogP contribution in [0, 0.1) is 5.41 Å². The van der Waals surface area contributed by atoms with Crippen molar-refractivity contribution in [2.45, 2.75) is 65.1 Å². The number of carbonyl (C=O) groups excluding carboxylic acids is 2. The molecule has 1 fully saturated rings. The van der Waals surface area contributed by atoms with Gasteiger partial charge in [-0.1, -0.05) is 56.3 Å². The normalized spacial score (nSPS) is 17.1. The summed E-state index contributed by atoms with van der Waals surface area (Å²) in [6.45, 7) is 4.59. The van der Waals surface area contributed by atoms with E-state index in [2.05, 4.69) is 17.6 Å². The lowest BCUT2D eigenvalue weighted by molar-refractivity contribution is -0.188. The SMILES string of the molecule is CC(C)(CCC=Cc1ccccc1)CCC(=O)N(NS(C)(=O)=O)C(=O)NOC1CCCCO1. The Bertz CT molecular complexity index is 896.